The number of halogens is 1. The first-order valence-corrected chi connectivity index (χ1v) is 6.43. The molecule has 0 saturated carbocycles. The van der Waals surface area contributed by atoms with Gasteiger partial charge in [0.2, 0.25) is 0 Å². The molecule has 98 valence electrons. The largest absolute Gasteiger partial charge is 0.460 e. The highest BCUT2D eigenvalue weighted by Gasteiger charge is 2.07. The molecule has 0 spiro atoms. The third kappa shape index (κ3) is 3.48. The van der Waals surface area contributed by atoms with E-state index in [0.717, 1.165) is 10.2 Å². The Labute approximate surface area is 119 Å². The van der Waals surface area contributed by atoms with Crippen LogP contribution in [-0.4, -0.2) is 5.91 Å². The zero-order valence-electron chi connectivity index (χ0n) is 10.4. The average Bonchev–Trinajstić information content (AvgIpc) is 2.83. The maximum Gasteiger partial charge on any atom is 0.269 e. The van der Waals surface area contributed by atoms with Gasteiger partial charge in [-0.3, -0.25) is 15.6 Å². The van der Waals surface area contributed by atoms with Crippen LogP contribution in [0.25, 0.3) is 5.70 Å². The molecule has 0 aliphatic rings. The van der Waals surface area contributed by atoms with Crippen LogP contribution in [-0.2, 0) is 0 Å². The number of hydrazine groups is 1. The van der Waals surface area contributed by atoms with Gasteiger partial charge in [0.25, 0.3) is 5.91 Å². The van der Waals surface area contributed by atoms with E-state index in [-0.39, 0.29) is 5.91 Å². The normalized spacial score (nSPS) is 10.0. The lowest BCUT2D eigenvalue weighted by Crippen LogP contribution is -2.35. The summed E-state index contributed by atoms with van der Waals surface area (Å²) in [6, 6.07) is 10.7. The van der Waals surface area contributed by atoms with Crippen molar-refractivity contribution in [3.05, 3.63) is 64.5 Å². The number of nitrogens with one attached hydrogen (secondary N) is 2. The summed E-state index contributed by atoms with van der Waals surface area (Å²) >= 11 is 3.32. The molecule has 4 nitrogen and oxygen atoms in total. The summed E-state index contributed by atoms with van der Waals surface area (Å²) in [5.74, 6) is 1.14. The summed E-state index contributed by atoms with van der Waals surface area (Å²) in [4.78, 5) is 11.8. The Hall–Kier alpha value is -2.01. The fourth-order valence-electron chi connectivity index (χ4n) is 1.46. The predicted octanol–water partition coefficient (Wildman–Crippen LogP) is 3.26. The van der Waals surface area contributed by atoms with Crippen LogP contribution in [0.3, 0.4) is 0 Å². The minimum absolute atomic E-state index is 0.239. The molecule has 2 N–H and O–H groups in total. The Kier molecular flexibility index (Phi) is 4.06. The van der Waals surface area contributed by atoms with Gasteiger partial charge < -0.3 is 4.42 Å². The van der Waals surface area contributed by atoms with Crippen molar-refractivity contribution in [2.45, 2.75) is 6.92 Å². The minimum Gasteiger partial charge on any atom is -0.460 e. The number of amides is 1. The zero-order valence-corrected chi connectivity index (χ0v) is 12.0. The molecule has 1 heterocycles. The Morgan fingerprint density at radius 3 is 2.42 bits per heavy atom. The Bertz CT molecular complexity index is 602. The second-order valence-electron chi connectivity index (χ2n) is 3.97. The Morgan fingerprint density at radius 2 is 1.84 bits per heavy atom. The topological polar surface area (TPSA) is 54.3 Å². The Balaban J connectivity index is 1.93. The van der Waals surface area contributed by atoms with Gasteiger partial charge in [-0.2, -0.15) is 0 Å². The first-order valence-electron chi connectivity index (χ1n) is 5.64. The number of rotatable bonds is 4. The van der Waals surface area contributed by atoms with Gasteiger partial charge in [0, 0.05) is 10.0 Å². The molecule has 0 unspecified atom stereocenters. The van der Waals surface area contributed by atoms with Crippen molar-refractivity contribution in [3.8, 4) is 0 Å². The minimum atomic E-state index is -0.239. The molecule has 1 aromatic heterocycles. The van der Waals surface area contributed by atoms with Crippen molar-refractivity contribution < 1.29 is 9.21 Å². The van der Waals surface area contributed by atoms with Gasteiger partial charge in [0.05, 0.1) is 5.70 Å². The second-order valence-corrected chi connectivity index (χ2v) is 4.89. The first-order chi connectivity index (χ1) is 9.06. The van der Waals surface area contributed by atoms with E-state index >= 15 is 0 Å². The highest BCUT2D eigenvalue weighted by molar-refractivity contribution is 9.10. The van der Waals surface area contributed by atoms with E-state index < -0.39 is 0 Å². The van der Waals surface area contributed by atoms with Crippen molar-refractivity contribution in [1.29, 1.82) is 0 Å². The zero-order chi connectivity index (χ0) is 13.8. The van der Waals surface area contributed by atoms with Crippen LogP contribution in [0.1, 0.15) is 21.9 Å². The quantitative estimate of drug-likeness (QED) is 0.850. The van der Waals surface area contributed by atoms with Crippen molar-refractivity contribution in [3.63, 3.8) is 0 Å². The monoisotopic (exact) mass is 320 g/mol. The number of carbonyl (C=O) groups is 1. The van der Waals surface area contributed by atoms with Gasteiger partial charge in [-0.1, -0.05) is 22.5 Å². The van der Waals surface area contributed by atoms with Gasteiger partial charge >= 0.3 is 0 Å². The summed E-state index contributed by atoms with van der Waals surface area (Å²) in [7, 11) is 0. The molecule has 1 amide bonds. The highest BCUT2D eigenvalue weighted by Crippen LogP contribution is 2.13. The molecular formula is C14H13BrN2O2. The molecule has 2 rings (SSSR count). The maximum atomic E-state index is 11.8. The molecule has 1 aromatic carbocycles. The summed E-state index contributed by atoms with van der Waals surface area (Å²) in [5.41, 5.74) is 6.34. The third-order valence-corrected chi connectivity index (χ3v) is 3.00. The molecule has 2 aromatic rings. The third-order valence-electron chi connectivity index (χ3n) is 2.47. The maximum absolute atomic E-state index is 11.8. The smallest absolute Gasteiger partial charge is 0.269 e. The molecular weight excluding hydrogens is 308 g/mol. The van der Waals surface area contributed by atoms with Crippen molar-refractivity contribution in [2.75, 3.05) is 0 Å². The molecule has 0 aliphatic heterocycles. The van der Waals surface area contributed by atoms with Crippen LogP contribution in [0.2, 0.25) is 0 Å². The summed E-state index contributed by atoms with van der Waals surface area (Å²) < 4.78 is 6.30. The van der Waals surface area contributed by atoms with Crippen molar-refractivity contribution in [1.82, 2.24) is 10.9 Å². The van der Waals surface area contributed by atoms with Crippen LogP contribution in [0.4, 0.5) is 0 Å². The molecule has 0 saturated heterocycles. The molecule has 0 fully saturated rings. The number of hydrogen-bond acceptors (Lipinski definition) is 3. The van der Waals surface area contributed by atoms with E-state index in [1.54, 1.807) is 30.3 Å². The predicted molar refractivity (Wildman–Crippen MR) is 77.2 cm³/mol. The summed E-state index contributed by atoms with van der Waals surface area (Å²) in [6.45, 7) is 5.64. The second kappa shape index (κ2) is 5.75. The van der Waals surface area contributed by atoms with E-state index in [2.05, 4.69) is 33.4 Å². The first kappa shape index (κ1) is 13.4. The van der Waals surface area contributed by atoms with E-state index in [4.69, 9.17) is 4.42 Å². The van der Waals surface area contributed by atoms with E-state index in [0.29, 0.717) is 17.0 Å². The van der Waals surface area contributed by atoms with Crippen LogP contribution in [0.5, 0.6) is 0 Å². The number of hydrogen-bond donors (Lipinski definition) is 2. The lowest BCUT2D eigenvalue weighted by atomic mass is 10.2. The molecule has 19 heavy (non-hydrogen) atoms. The van der Waals surface area contributed by atoms with Crippen LogP contribution in [0, 0.1) is 6.92 Å². The molecule has 0 bridgehead atoms. The summed E-state index contributed by atoms with van der Waals surface area (Å²) in [5, 5.41) is 0. The van der Waals surface area contributed by atoms with Crippen LogP contribution >= 0.6 is 15.9 Å². The lowest BCUT2D eigenvalue weighted by Gasteiger charge is -2.09. The standard InChI is InChI=1S/C14H13BrN2O2/c1-9-3-8-13(19-9)10(2)16-17-14(18)11-4-6-12(15)7-5-11/h3-8,16H,2H2,1H3,(H,17,18). The van der Waals surface area contributed by atoms with Gasteiger partial charge in [0.1, 0.15) is 5.76 Å². The SMILES string of the molecule is C=C(NNC(=O)c1ccc(Br)cc1)c1ccc(C)o1. The van der Waals surface area contributed by atoms with Crippen LogP contribution < -0.4 is 10.9 Å². The molecule has 0 atom stereocenters. The fourth-order valence-corrected chi connectivity index (χ4v) is 1.73. The van der Waals surface area contributed by atoms with Gasteiger partial charge in [0.15, 0.2) is 5.76 Å². The fraction of sp³-hybridized carbons (Fsp3) is 0.0714. The number of aryl methyl sites for hydroxylation is 1. The number of benzene rings is 1. The van der Waals surface area contributed by atoms with Crippen molar-refractivity contribution in [2.24, 2.45) is 0 Å². The molecule has 0 radical (unpaired) electrons. The number of carbonyl (C=O) groups excluding carboxylic acids is 1. The van der Waals surface area contributed by atoms with E-state index in [9.17, 15) is 4.79 Å². The van der Waals surface area contributed by atoms with Crippen molar-refractivity contribution >= 4 is 27.5 Å². The Morgan fingerprint density at radius 1 is 1.16 bits per heavy atom. The average molecular weight is 321 g/mol. The van der Waals surface area contributed by atoms with E-state index in [1.807, 2.05) is 13.0 Å². The van der Waals surface area contributed by atoms with Crippen LogP contribution in [0.15, 0.2) is 51.9 Å². The molecule has 5 heteroatoms. The van der Waals surface area contributed by atoms with Gasteiger partial charge in [-0.05, 0) is 43.3 Å². The number of furan rings is 1. The summed E-state index contributed by atoms with van der Waals surface area (Å²) in [6.07, 6.45) is 0. The lowest BCUT2D eigenvalue weighted by molar-refractivity contribution is 0.0942. The van der Waals surface area contributed by atoms with Gasteiger partial charge in [-0.25, -0.2) is 0 Å². The van der Waals surface area contributed by atoms with E-state index in [1.165, 1.54) is 0 Å². The molecule has 0 aliphatic carbocycles. The van der Waals surface area contributed by atoms with Gasteiger partial charge in [-0.15, -0.1) is 0 Å². The highest BCUT2D eigenvalue weighted by atomic mass is 79.9.